The van der Waals surface area contributed by atoms with Gasteiger partial charge < -0.3 is 4.74 Å². The molecule has 1 aromatic rings. The minimum atomic E-state index is -0.271. The SMILES string of the molecule is [2H]C1CCCCC([13CH2]CCCCCCCCCC(=O)OCC(=O)c2ccccc2)C1. The summed E-state index contributed by atoms with van der Waals surface area (Å²) in [4.78, 5) is 23.7. The van der Waals surface area contributed by atoms with Crippen molar-refractivity contribution in [3.8, 4) is 0 Å². The highest BCUT2D eigenvalue weighted by Gasteiger charge is 2.11. The molecule has 0 bridgehead atoms. The molecule has 3 nitrogen and oxygen atoms in total. The Morgan fingerprint density at radius 1 is 0.862 bits per heavy atom. The average Bonchev–Trinajstić information content (AvgIpc) is 2.97. The maximum absolute atomic E-state index is 11.9. The number of carbonyl (C=O) groups is 2. The van der Waals surface area contributed by atoms with Crippen LogP contribution in [0.15, 0.2) is 30.3 Å². The van der Waals surface area contributed by atoms with E-state index >= 15 is 0 Å². The van der Waals surface area contributed by atoms with Crippen molar-refractivity contribution >= 4 is 11.8 Å². The predicted octanol–water partition coefficient (Wildman–Crippen LogP) is 7.28. The fourth-order valence-electron chi connectivity index (χ4n) is 4.14. The van der Waals surface area contributed by atoms with Gasteiger partial charge in [0.05, 0.1) is 0 Å². The highest BCUT2D eigenvalue weighted by molar-refractivity contribution is 5.97. The Bertz CT molecular complexity index is 602. The summed E-state index contributed by atoms with van der Waals surface area (Å²) in [7, 11) is 0. The Morgan fingerprint density at radius 2 is 1.55 bits per heavy atom. The van der Waals surface area contributed by atoms with Gasteiger partial charge in [-0.1, -0.05) is 120 Å². The van der Waals surface area contributed by atoms with Gasteiger partial charge in [-0.15, -0.1) is 0 Å². The van der Waals surface area contributed by atoms with Crippen molar-refractivity contribution in [2.45, 2.75) is 103 Å². The van der Waals surface area contributed by atoms with E-state index in [9.17, 15) is 9.59 Å². The summed E-state index contributed by atoms with van der Waals surface area (Å²) in [5, 5.41) is 0. The van der Waals surface area contributed by atoms with Gasteiger partial charge in [0.2, 0.25) is 0 Å². The maximum Gasteiger partial charge on any atom is 0.306 e. The van der Waals surface area contributed by atoms with Crippen LogP contribution in [0.5, 0.6) is 0 Å². The lowest BCUT2D eigenvalue weighted by Crippen LogP contribution is -2.13. The fourth-order valence-corrected chi connectivity index (χ4v) is 4.14. The molecule has 162 valence electrons. The van der Waals surface area contributed by atoms with Crippen LogP contribution in [0.1, 0.15) is 114 Å². The summed E-state index contributed by atoms with van der Waals surface area (Å²) in [5.74, 6) is 0.382. The third-order valence-electron chi connectivity index (χ3n) is 5.97. The number of Topliss-reactive ketones (excluding diaryl/α,β-unsaturated/α-hetero) is 1. The molecule has 0 N–H and O–H groups in total. The van der Waals surface area contributed by atoms with Crippen LogP contribution in [0.3, 0.4) is 0 Å². The van der Waals surface area contributed by atoms with Gasteiger partial charge in [-0.2, -0.15) is 0 Å². The van der Waals surface area contributed by atoms with Crippen molar-refractivity contribution < 1.29 is 15.7 Å². The first kappa shape index (κ1) is 22.1. The van der Waals surface area contributed by atoms with Gasteiger partial charge in [0.25, 0.3) is 0 Å². The van der Waals surface area contributed by atoms with Crippen molar-refractivity contribution in [3.63, 3.8) is 0 Å². The second-order valence-electron chi connectivity index (χ2n) is 8.49. The van der Waals surface area contributed by atoms with Crippen LogP contribution in [0, 0.1) is 5.92 Å². The fraction of sp³-hybridized carbons (Fsp3) is 0.692. The number of rotatable bonds is 14. The van der Waals surface area contributed by atoms with Crippen molar-refractivity contribution in [1.82, 2.24) is 0 Å². The third-order valence-corrected chi connectivity index (χ3v) is 5.97. The highest BCUT2D eigenvalue weighted by atomic mass is 16.5. The molecule has 1 fully saturated rings. The highest BCUT2D eigenvalue weighted by Crippen LogP contribution is 2.27. The molecule has 0 aliphatic heterocycles. The van der Waals surface area contributed by atoms with E-state index in [0.29, 0.717) is 12.0 Å². The molecule has 2 rings (SSSR count). The number of benzene rings is 1. The van der Waals surface area contributed by atoms with Crippen molar-refractivity contribution in [1.29, 1.82) is 0 Å². The molecule has 1 saturated carbocycles. The number of unbranched alkanes of at least 4 members (excludes halogenated alkanes) is 7. The number of hydrogen-bond acceptors (Lipinski definition) is 3. The van der Waals surface area contributed by atoms with E-state index in [4.69, 9.17) is 6.11 Å². The molecule has 3 heteroatoms. The minimum absolute atomic E-state index is 0.150. The molecule has 1 aromatic carbocycles. The number of ketones is 1. The zero-order valence-electron chi connectivity index (χ0n) is 19.1. The lowest BCUT2D eigenvalue weighted by Gasteiger charge is -2.13. The van der Waals surface area contributed by atoms with Crippen LogP contribution in [0.4, 0.5) is 0 Å². The molecule has 2 unspecified atom stereocenters. The Balaban J connectivity index is 1.37. The third kappa shape index (κ3) is 11.2. The van der Waals surface area contributed by atoms with Crippen molar-refractivity contribution in [2.75, 3.05) is 6.61 Å². The molecule has 0 spiro atoms. The van der Waals surface area contributed by atoms with E-state index < -0.39 is 0 Å². The molecule has 0 saturated heterocycles. The zero-order chi connectivity index (χ0) is 21.4. The smallest absolute Gasteiger partial charge is 0.306 e. The standard InChI is InChI=1S/C26H40O3/c27-25(24-19-13-9-14-20-24)22-29-26(28)21-15-6-4-2-1-3-5-10-16-23-17-11-7-8-12-18-23/h9,13-14,19-20,23H,1-8,10-12,15-18,21-22H2/i11D,16+1. The van der Waals surface area contributed by atoms with Gasteiger partial charge in [-0.05, 0) is 12.3 Å². The van der Waals surface area contributed by atoms with Gasteiger partial charge in [-0.3, -0.25) is 9.59 Å². The molecule has 29 heavy (non-hydrogen) atoms. The minimum Gasteiger partial charge on any atom is -0.457 e. The number of esters is 1. The molecule has 0 radical (unpaired) electrons. The Hall–Kier alpha value is -1.64. The predicted molar refractivity (Wildman–Crippen MR) is 119 cm³/mol. The lowest BCUT2D eigenvalue weighted by molar-refractivity contribution is -0.142. The van der Waals surface area contributed by atoms with E-state index in [1.54, 1.807) is 24.3 Å². The monoisotopic (exact) mass is 402 g/mol. The zero-order valence-corrected chi connectivity index (χ0v) is 18.1. The van der Waals surface area contributed by atoms with Crippen LogP contribution >= 0.6 is 0 Å². The van der Waals surface area contributed by atoms with E-state index in [2.05, 4.69) is 0 Å². The van der Waals surface area contributed by atoms with Crippen LogP contribution in [0.2, 0.25) is 0 Å². The topological polar surface area (TPSA) is 43.4 Å². The number of ether oxygens (including phenoxy) is 1. The van der Waals surface area contributed by atoms with E-state index in [1.165, 1.54) is 64.2 Å². The van der Waals surface area contributed by atoms with Crippen LogP contribution in [-0.2, 0) is 9.53 Å². The molecule has 0 heterocycles. The first-order chi connectivity index (χ1) is 14.6. The van der Waals surface area contributed by atoms with E-state index in [-0.39, 0.29) is 24.8 Å². The quantitative estimate of drug-likeness (QED) is 0.108. The molecule has 1 aliphatic rings. The van der Waals surface area contributed by atoms with Crippen LogP contribution < -0.4 is 0 Å². The first-order valence-electron chi connectivity index (χ1n) is 12.4. The van der Waals surface area contributed by atoms with E-state index in [1.807, 2.05) is 6.07 Å². The lowest BCUT2D eigenvalue weighted by atomic mass is 10.0. The second kappa shape index (κ2) is 15.2. The normalized spacial score (nSPS) is 19.9. The molecular weight excluding hydrogens is 361 g/mol. The first-order valence-corrected chi connectivity index (χ1v) is 11.8. The van der Waals surface area contributed by atoms with Gasteiger partial charge >= 0.3 is 5.97 Å². The Morgan fingerprint density at radius 3 is 2.31 bits per heavy atom. The summed E-state index contributed by atoms with van der Waals surface area (Å²) in [6.07, 6.45) is 17.6. The van der Waals surface area contributed by atoms with Gasteiger partial charge in [-0.25, -0.2) is 0 Å². The van der Waals surface area contributed by atoms with Crippen LogP contribution in [0.25, 0.3) is 0 Å². The maximum atomic E-state index is 11.9. The second-order valence-corrected chi connectivity index (χ2v) is 8.49. The molecular formula is C26H40O3. The van der Waals surface area contributed by atoms with Crippen molar-refractivity contribution in [3.05, 3.63) is 35.9 Å². The average molecular weight is 403 g/mol. The summed E-state index contributed by atoms with van der Waals surface area (Å²) < 4.78 is 13.1. The summed E-state index contributed by atoms with van der Waals surface area (Å²) in [6, 6.07) is 8.94. The summed E-state index contributed by atoms with van der Waals surface area (Å²) in [6.45, 7) is -0.161. The van der Waals surface area contributed by atoms with Crippen molar-refractivity contribution in [2.24, 2.45) is 5.92 Å². The largest absolute Gasteiger partial charge is 0.457 e. The molecule has 1 aliphatic carbocycles. The van der Waals surface area contributed by atoms with Gasteiger partial charge in [0, 0.05) is 13.4 Å². The number of hydrogen-bond donors (Lipinski definition) is 0. The molecule has 0 aromatic heterocycles. The van der Waals surface area contributed by atoms with Gasteiger partial charge in [0.1, 0.15) is 0 Å². The molecule has 0 amide bonds. The Kier molecular flexibility index (Phi) is 11.6. The summed E-state index contributed by atoms with van der Waals surface area (Å²) in [5.41, 5.74) is 0.583. The van der Waals surface area contributed by atoms with E-state index in [0.717, 1.165) is 31.6 Å². The summed E-state index contributed by atoms with van der Waals surface area (Å²) >= 11 is 0. The number of carbonyl (C=O) groups excluding carboxylic acids is 2. The van der Waals surface area contributed by atoms with Crippen LogP contribution in [-0.4, -0.2) is 18.4 Å². The van der Waals surface area contributed by atoms with Gasteiger partial charge in [0.15, 0.2) is 12.4 Å². The Labute approximate surface area is 179 Å². The molecule has 2 atom stereocenters.